The van der Waals surface area contributed by atoms with Gasteiger partial charge in [0.15, 0.2) is 11.2 Å². The number of fused-ring (bicyclic) bond motifs is 1. The lowest BCUT2D eigenvalue weighted by Crippen LogP contribution is -2.51. The second-order valence-electron chi connectivity index (χ2n) is 7.79. The fourth-order valence-electron chi connectivity index (χ4n) is 4.27. The monoisotopic (exact) mass is 478 g/mol. The summed E-state index contributed by atoms with van der Waals surface area (Å²) in [5.74, 6) is 0.436. The van der Waals surface area contributed by atoms with Gasteiger partial charge in [0.25, 0.3) is 0 Å². The fourth-order valence-corrected chi connectivity index (χ4v) is 4.27. The molecule has 1 aliphatic heterocycles. The molecule has 0 amide bonds. The van der Waals surface area contributed by atoms with Crippen LogP contribution in [0.25, 0.3) is 0 Å². The van der Waals surface area contributed by atoms with E-state index in [9.17, 15) is 9.59 Å². The normalized spacial score (nSPS) is 16.5. The van der Waals surface area contributed by atoms with Crippen molar-refractivity contribution in [3.8, 4) is 28.7 Å². The maximum absolute atomic E-state index is 14.0. The van der Waals surface area contributed by atoms with Gasteiger partial charge in [-0.3, -0.25) is 9.59 Å². The first-order chi connectivity index (χ1) is 17.0. The van der Waals surface area contributed by atoms with Gasteiger partial charge in [0.2, 0.25) is 0 Å². The van der Waals surface area contributed by atoms with Crippen LogP contribution in [0.5, 0.6) is 28.7 Å². The van der Waals surface area contributed by atoms with Crippen molar-refractivity contribution in [1.82, 2.24) is 0 Å². The van der Waals surface area contributed by atoms with Crippen molar-refractivity contribution in [2.24, 2.45) is 0 Å². The minimum Gasteiger partial charge on any atom is -0.497 e. The summed E-state index contributed by atoms with van der Waals surface area (Å²) >= 11 is 0. The number of hydrogen-bond acceptors (Lipinski definition) is 8. The highest BCUT2D eigenvalue weighted by Gasteiger charge is 2.57. The van der Waals surface area contributed by atoms with E-state index < -0.39 is 17.2 Å². The highest BCUT2D eigenvalue weighted by Crippen LogP contribution is 2.51. The smallest absolute Gasteiger partial charge is 0.329 e. The molecule has 3 aromatic rings. The lowest BCUT2D eigenvalue weighted by Gasteiger charge is -2.37. The van der Waals surface area contributed by atoms with Crippen molar-refractivity contribution in [3.05, 3.63) is 77.4 Å². The van der Waals surface area contributed by atoms with Crippen LogP contribution in [0.2, 0.25) is 0 Å². The summed E-state index contributed by atoms with van der Waals surface area (Å²) in [7, 11) is 5.91. The lowest BCUT2D eigenvalue weighted by atomic mass is 9.69. The van der Waals surface area contributed by atoms with E-state index in [1.807, 2.05) is 30.3 Å². The minimum absolute atomic E-state index is 0.0260. The molecule has 0 saturated carbocycles. The van der Waals surface area contributed by atoms with Gasteiger partial charge in [0.1, 0.15) is 42.0 Å². The molecule has 4 rings (SSSR count). The molecule has 182 valence electrons. The van der Waals surface area contributed by atoms with Gasteiger partial charge < -0.3 is 28.4 Å². The second kappa shape index (κ2) is 9.97. The van der Waals surface area contributed by atoms with Gasteiger partial charge in [-0.1, -0.05) is 30.3 Å². The van der Waals surface area contributed by atoms with Crippen LogP contribution in [0.3, 0.4) is 0 Å². The summed E-state index contributed by atoms with van der Waals surface area (Å²) in [5.41, 5.74) is -0.632. The van der Waals surface area contributed by atoms with E-state index in [-0.39, 0.29) is 30.3 Å². The molecule has 1 heterocycles. The Bertz CT molecular complexity index is 1210. The summed E-state index contributed by atoms with van der Waals surface area (Å²) in [4.78, 5) is 27.8. The van der Waals surface area contributed by atoms with Crippen LogP contribution in [0.1, 0.15) is 16.7 Å². The van der Waals surface area contributed by atoms with Crippen molar-refractivity contribution < 1.29 is 38.0 Å². The van der Waals surface area contributed by atoms with Crippen molar-refractivity contribution >= 4 is 11.8 Å². The number of rotatable bonds is 8. The molecule has 0 radical (unpaired) electrons. The minimum atomic E-state index is -1.92. The number of benzene rings is 3. The van der Waals surface area contributed by atoms with E-state index in [1.165, 1.54) is 28.4 Å². The molecule has 0 bridgehead atoms. The van der Waals surface area contributed by atoms with E-state index in [1.54, 1.807) is 30.3 Å². The Hall–Kier alpha value is -4.20. The Kier molecular flexibility index (Phi) is 6.82. The highest BCUT2D eigenvalue weighted by atomic mass is 16.5. The molecule has 0 spiro atoms. The van der Waals surface area contributed by atoms with Crippen molar-refractivity contribution in [1.29, 1.82) is 0 Å². The molecule has 8 heteroatoms. The number of ketones is 1. The van der Waals surface area contributed by atoms with Gasteiger partial charge in [0, 0.05) is 23.8 Å². The summed E-state index contributed by atoms with van der Waals surface area (Å²) < 4.78 is 33.5. The molecule has 1 aliphatic rings. The SMILES string of the molecule is COc1ccc2c(c1)OCC(=O)C2(C(=O)OCc1ccccc1)c1c(OC)cc(OC)cc1OC. The molecule has 0 N–H and O–H groups in total. The number of hydrogen-bond donors (Lipinski definition) is 0. The zero-order valence-corrected chi connectivity index (χ0v) is 20.0. The molecule has 35 heavy (non-hydrogen) atoms. The molecule has 0 saturated heterocycles. The molecule has 0 fully saturated rings. The summed E-state index contributed by atoms with van der Waals surface area (Å²) in [6.45, 7) is -0.388. The van der Waals surface area contributed by atoms with E-state index >= 15 is 0 Å². The third-order valence-corrected chi connectivity index (χ3v) is 5.98. The molecule has 1 unspecified atom stereocenters. The molecular formula is C27H26O8. The Morgan fingerprint density at radius 1 is 0.857 bits per heavy atom. The number of esters is 1. The van der Waals surface area contributed by atoms with Crippen LogP contribution < -0.4 is 23.7 Å². The Labute approximate surface area is 203 Å². The summed E-state index contributed by atoms with van der Waals surface area (Å²) in [5, 5.41) is 0. The Balaban J connectivity index is 1.98. The largest absolute Gasteiger partial charge is 0.497 e. The lowest BCUT2D eigenvalue weighted by molar-refractivity contribution is -0.155. The van der Waals surface area contributed by atoms with E-state index in [0.717, 1.165) is 5.56 Å². The van der Waals surface area contributed by atoms with Gasteiger partial charge in [-0.15, -0.1) is 0 Å². The van der Waals surface area contributed by atoms with Crippen molar-refractivity contribution in [3.63, 3.8) is 0 Å². The van der Waals surface area contributed by atoms with Gasteiger partial charge in [-0.25, -0.2) is 0 Å². The first kappa shape index (κ1) is 23.9. The first-order valence-electron chi connectivity index (χ1n) is 10.9. The summed E-state index contributed by atoms with van der Waals surface area (Å²) in [6, 6.07) is 17.3. The standard InChI is InChI=1S/C27H26O8/c1-30-18-10-11-20-21(12-18)34-16-24(28)27(20,26(29)35-15-17-8-6-5-7-9-17)25-22(32-3)13-19(31-2)14-23(25)33-4/h5-14H,15-16H2,1-4H3. The predicted octanol–water partition coefficient (Wildman–Crippen LogP) is 3.71. The Morgan fingerprint density at radius 2 is 1.51 bits per heavy atom. The van der Waals surface area contributed by atoms with Gasteiger partial charge in [-0.05, 0) is 17.7 Å². The molecule has 0 aliphatic carbocycles. The van der Waals surface area contributed by atoms with E-state index in [0.29, 0.717) is 22.8 Å². The van der Waals surface area contributed by atoms with Crippen molar-refractivity contribution in [2.75, 3.05) is 35.0 Å². The van der Waals surface area contributed by atoms with Crippen LogP contribution in [0, 0.1) is 0 Å². The van der Waals surface area contributed by atoms with Crippen molar-refractivity contribution in [2.45, 2.75) is 12.0 Å². The first-order valence-corrected chi connectivity index (χ1v) is 10.9. The number of carbonyl (C=O) groups is 2. The van der Waals surface area contributed by atoms with E-state index in [4.69, 9.17) is 28.4 Å². The maximum Gasteiger partial charge on any atom is 0.329 e. The average Bonchev–Trinajstić information content (AvgIpc) is 2.91. The quantitative estimate of drug-likeness (QED) is 0.358. The molecule has 0 aromatic heterocycles. The number of Topliss-reactive ketones (excluding diaryl/α,β-unsaturated/α-hetero) is 1. The highest BCUT2D eigenvalue weighted by molar-refractivity contribution is 6.16. The van der Waals surface area contributed by atoms with Gasteiger partial charge in [0.05, 0.1) is 34.0 Å². The fraction of sp³-hybridized carbons (Fsp3) is 0.259. The number of carbonyl (C=O) groups excluding carboxylic acids is 2. The number of ether oxygens (including phenoxy) is 6. The molecular weight excluding hydrogens is 452 g/mol. The molecule has 3 aromatic carbocycles. The average molecular weight is 478 g/mol. The maximum atomic E-state index is 14.0. The van der Waals surface area contributed by atoms with Crippen LogP contribution in [-0.2, 0) is 26.3 Å². The van der Waals surface area contributed by atoms with Gasteiger partial charge in [-0.2, -0.15) is 0 Å². The van der Waals surface area contributed by atoms with Crippen LogP contribution in [0.15, 0.2) is 60.7 Å². The van der Waals surface area contributed by atoms with Crippen LogP contribution >= 0.6 is 0 Å². The third-order valence-electron chi connectivity index (χ3n) is 5.98. The topological polar surface area (TPSA) is 89.5 Å². The third kappa shape index (κ3) is 4.12. The molecule has 8 nitrogen and oxygen atoms in total. The zero-order valence-electron chi connectivity index (χ0n) is 20.0. The van der Waals surface area contributed by atoms with E-state index in [2.05, 4.69) is 0 Å². The van der Waals surface area contributed by atoms with Crippen LogP contribution in [-0.4, -0.2) is 46.8 Å². The molecule has 1 atom stereocenters. The number of methoxy groups -OCH3 is 4. The van der Waals surface area contributed by atoms with Gasteiger partial charge >= 0.3 is 5.97 Å². The zero-order chi connectivity index (χ0) is 25.0. The predicted molar refractivity (Wildman–Crippen MR) is 127 cm³/mol. The second-order valence-corrected chi connectivity index (χ2v) is 7.79. The summed E-state index contributed by atoms with van der Waals surface area (Å²) in [6.07, 6.45) is 0. The van der Waals surface area contributed by atoms with Crippen LogP contribution in [0.4, 0.5) is 0 Å². The Morgan fingerprint density at radius 3 is 2.11 bits per heavy atom.